The molecule has 122 valence electrons. The van der Waals surface area contributed by atoms with Crippen LogP contribution in [0.3, 0.4) is 0 Å². The molecular formula is C13H15N5O3S2. The first-order valence-corrected chi connectivity index (χ1v) is 8.30. The number of nitrogens with one attached hydrogen (secondary N) is 3. The normalized spacial score (nSPS) is 10.0. The number of hydrogen-bond acceptors (Lipinski definition) is 8. The van der Waals surface area contributed by atoms with E-state index in [1.807, 2.05) is 24.3 Å². The van der Waals surface area contributed by atoms with Crippen molar-refractivity contribution in [2.45, 2.75) is 4.34 Å². The molecule has 10 heteroatoms. The summed E-state index contributed by atoms with van der Waals surface area (Å²) in [4.78, 5) is 22.5. The minimum absolute atomic E-state index is 0.0879. The second kappa shape index (κ2) is 8.34. The van der Waals surface area contributed by atoms with Gasteiger partial charge >= 0.3 is 6.03 Å². The summed E-state index contributed by atoms with van der Waals surface area (Å²) in [5.41, 5.74) is 0.857. The molecule has 1 heterocycles. The lowest BCUT2D eigenvalue weighted by atomic mass is 10.3. The number of carbonyl (C=O) groups is 2. The van der Waals surface area contributed by atoms with Crippen molar-refractivity contribution in [2.75, 3.05) is 25.2 Å². The summed E-state index contributed by atoms with van der Waals surface area (Å²) < 4.78 is 5.72. The molecule has 8 nitrogen and oxygen atoms in total. The lowest BCUT2D eigenvalue weighted by molar-refractivity contribution is -0.117. The van der Waals surface area contributed by atoms with Crippen LogP contribution in [0.2, 0.25) is 0 Å². The summed E-state index contributed by atoms with van der Waals surface area (Å²) >= 11 is 2.53. The molecule has 0 bridgehead atoms. The van der Waals surface area contributed by atoms with Crippen molar-refractivity contribution in [2.24, 2.45) is 0 Å². The first kappa shape index (κ1) is 17.0. The molecule has 2 rings (SSSR count). The third-order valence-corrected chi connectivity index (χ3v) is 4.53. The van der Waals surface area contributed by atoms with Crippen LogP contribution in [-0.2, 0) is 4.79 Å². The Morgan fingerprint density at radius 3 is 2.65 bits per heavy atom. The maximum atomic E-state index is 11.5. The molecule has 0 aliphatic heterocycles. The summed E-state index contributed by atoms with van der Waals surface area (Å²) in [6.07, 6.45) is 0. The quantitative estimate of drug-likeness (QED) is 0.681. The summed E-state index contributed by atoms with van der Waals surface area (Å²) in [5, 5.41) is 16.2. The van der Waals surface area contributed by atoms with Gasteiger partial charge in [0.25, 0.3) is 0 Å². The number of urea groups is 1. The van der Waals surface area contributed by atoms with Crippen molar-refractivity contribution in [3.05, 3.63) is 24.3 Å². The highest BCUT2D eigenvalue weighted by Gasteiger charge is 2.10. The monoisotopic (exact) mass is 353 g/mol. The highest BCUT2D eigenvalue weighted by molar-refractivity contribution is 8.01. The zero-order valence-corrected chi connectivity index (χ0v) is 14.1. The Morgan fingerprint density at radius 1 is 1.26 bits per heavy atom. The SMILES string of the molecule is CNC(=O)NC(=O)CSc1nnc(Nc2ccc(OC)cc2)s1. The van der Waals surface area contributed by atoms with Crippen LogP contribution in [-0.4, -0.2) is 42.0 Å². The van der Waals surface area contributed by atoms with Gasteiger partial charge in [-0.05, 0) is 24.3 Å². The van der Waals surface area contributed by atoms with Gasteiger partial charge < -0.3 is 15.4 Å². The van der Waals surface area contributed by atoms with Crippen molar-refractivity contribution in [1.82, 2.24) is 20.8 Å². The van der Waals surface area contributed by atoms with Crippen LogP contribution in [0.1, 0.15) is 0 Å². The summed E-state index contributed by atoms with van der Waals surface area (Å²) in [6, 6.07) is 6.87. The number of aromatic nitrogens is 2. The lowest BCUT2D eigenvalue weighted by Crippen LogP contribution is -2.38. The van der Waals surface area contributed by atoms with Crippen LogP contribution in [0.4, 0.5) is 15.6 Å². The number of amides is 3. The van der Waals surface area contributed by atoms with Crippen molar-refractivity contribution in [1.29, 1.82) is 0 Å². The molecule has 3 N–H and O–H groups in total. The molecule has 23 heavy (non-hydrogen) atoms. The third kappa shape index (κ3) is 5.42. The third-order valence-electron chi connectivity index (χ3n) is 2.55. The molecule has 0 aliphatic carbocycles. The predicted molar refractivity (Wildman–Crippen MR) is 89.5 cm³/mol. The molecule has 0 fully saturated rings. The average molecular weight is 353 g/mol. The molecule has 2 aromatic rings. The van der Waals surface area contributed by atoms with Crippen LogP contribution in [0.5, 0.6) is 5.75 Å². The summed E-state index contributed by atoms with van der Waals surface area (Å²) in [5.74, 6) is 0.463. The van der Waals surface area contributed by atoms with E-state index in [-0.39, 0.29) is 5.75 Å². The van der Waals surface area contributed by atoms with Gasteiger partial charge in [-0.1, -0.05) is 23.1 Å². The smallest absolute Gasteiger partial charge is 0.321 e. The number of rotatable bonds is 6. The Labute approximate surface area is 141 Å². The second-order valence-electron chi connectivity index (χ2n) is 4.14. The number of anilines is 2. The Kier molecular flexibility index (Phi) is 6.18. The van der Waals surface area contributed by atoms with E-state index < -0.39 is 11.9 Å². The molecule has 3 amide bonds. The molecule has 1 aromatic heterocycles. The molecule has 0 atom stereocenters. The Hall–Kier alpha value is -2.33. The topological polar surface area (TPSA) is 105 Å². The highest BCUT2D eigenvalue weighted by Crippen LogP contribution is 2.28. The molecule has 0 spiro atoms. The fraction of sp³-hybridized carbons (Fsp3) is 0.231. The summed E-state index contributed by atoms with van der Waals surface area (Å²) in [6.45, 7) is 0. The van der Waals surface area contributed by atoms with Crippen molar-refractivity contribution in [3.8, 4) is 5.75 Å². The molecule has 0 saturated carbocycles. The fourth-order valence-electron chi connectivity index (χ4n) is 1.47. The van der Waals surface area contributed by atoms with E-state index in [1.54, 1.807) is 7.11 Å². The predicted octanol–water partition coefficient (Wildman–Crippen LogP) is 1.84. The molecule has 0 radical (unpaired) electrons. The van der Waals surface area contributed by atoms with Crippen LogP contribution in [0.25, 0.3) is 0 Å². The molecule has 0 saturated heterocycles. The number of imide groups is 1. The molecular weight excluding hydrogens is 338 g/mol. The van der Waals surface area contributed by atoms with Crippen LogP contribution < -0.4 is 20.7 Å². The van der Waals surface area contributed by atoms with E-state index in [4.69, 9.17) is 4.74 Å². The minimum Gasteiger partial charge on any atom is -0.497 e. The van der Waals surface area contributed by atoms with Crippen LogP contribution in [0.15, 0.2) is 28.6 Å². The largest absolute Gasteiger partial charge is 0.497 e. The van der Waals surface area contributed by atoms with Gasteiger partial charge in [0, 0.05) is 12.7 Å². The number of carbonyl (C=O) groups excluding carboxylic acids is 2. The van der Waals surface area contributed by atoms with E-state index in [0.717, 1.165) is 11.4 Å². The van der Waals surface area contributed by atoms with Crippen LogP contribution >= 0.6 is 23.1 Å². The van der Waals surface area contributed by atoms with Gasteiger partial charge in [0.2, 0.25) is 11.0 Å². The van der Waals surface area contributed by atoms with Gasteiger partial charge in [0.1, 0.15) is 5.75 Å². The first-order valence-electron chi connectivity index (χ1n) is 6.49. The van der Waals surface area contributed by atoms with Crippen molar-refractivity contribution >= 4 is 45.9 Å². The highest BCUT2D eigenvalue weighted by atomic mass is 32.2. The standard InChI is InChI=1S/C13H15N5O3S2/c1-14-11(20)16-10(19)7-22-13-18-17-12(23-13)15-8-3-5-9(21-2)6-4-8/h3-6H,7H2,1-2H3,(H,15,17)(H2,14,16,19,20). The van der Waals surface area contributed by atoms with Gasteiger partial charge in [-0.3, -0.25) is 10.1 Å². The zero-order chi connectivity index (χ0) is 16.7. The Bertz CT molecular complexity index is 675. The first-order chi connectivity index (χ1) is 11.1. The molecule has 1 aromatic carbocycles. The number of benzene rings is 1. The van der Waals surface area contributed by atoms with Gasteiger partial charge in [-0.25, -0.2) is 4.79 Å². The van der Waals surface area contributed by atoms with Gasteiger partial charge in [0.05, 0.1) is 12.9 Å². The number of nitrogens with zero attached hydrogens (tertiary/aromatic N) is 2. The number of hydrogen-bond donors (Lipinski definition) is 3. The Balaban J connectivity index is 1.85. The Morgan fingerprint density at radius 2 is 2.00 bits per heavy atom. The van der Waals surface area contributed by atoms with E-state index in [9.17, 15) is 9.59 Å². The van der Waals surface area contributed by atoms with E-state index in [2.05, 4.69) is 26.1 Å². The van der Waals surface area contributed by atoms with Gasteiger partial charge in [0.15, 0.2) is 4.34 Å². The number of methoxy groups -OCH3 is 1. The zero-order valence-electron chi connectivity index (χ0n) is 12.5. The van der Waals surface area contributed by atoms with E-state index in [1.165, 1.54) is 30.1 Å². The van der Waals surface area contributed by atoms with Crippen LogP contribution in [0, 0.1) is 0 Å². The minimum atomic E-state index is -0.533. The maximum absolute atomic E-state index is 11.5. The summed E-state index contributed by atoms with van der Waals surface area (Å²) in [7, 11) is 3.05. The molecule has 0 unspecified atom stereocenters. The van der Waals surface area contributed by atoms with Gasteiger partial charge in [-0.2, -0.15) is 0 Å². The second-order valence-corrected chi connectivity index (χ2v) is 6.34. The number of thioether (sulfide) groups is 1. The van der Waals surface area contributed by atoms with Crippen molar-refractivity contribution in [3.63, 3.8) is 0 Å². The molecule has 0 aliphatic rings. The van der Waals surface area contributed by atoms with E-state index >= 15 is 0 Å². The van der Waals surface area contributed by atoms with Gasteiger partial charge in [-0.15, -0.1) is 10.2 Å². The maximum Gasteiger partial charge on any atom is 0.321 e. The van der Waals surface area contributed by atoms with Crippen molar-refractivity contribution < 1.29 is 14.3 Å². The lowest BCUT2D eigenvalue weighted by Gasteiger charge is -2.03. The average Bonchev–Trinajstić information content (AvgIpc) is 3.01. The van der Waals surface area contributed by atoms with E-state index in [0.29, 0.717) is 9.47 Å². The number of ether oxygens (including phenoxy) is 1. The fourth-order valence-corrected chi connectivity index (χ4v) is 3.04.